The Kier molecular flexibility index (Phi) is 11.2. The van der Waals surface area contributed by atoms with E-state index in [4.69, 9.17) is 5.11 Å². The van der Waals surface area contributed by atoms with Crippen molar-refractivity contribution in [3.05, 3.63) is 0 Å². The SMILES string of the molecule is CCCC(=O)CCO.[Ti]. The molecule has 0 spiro atoms. The van der Waals surface area contributed by atoms with E-state index < -0.39 is 0 Å². The molecular weight excluding hydrogens is 152 g/mol. The predicted molar refractivity (Wildman–Crippen MR) is 31.6 cm³/mol. The first-order valence-electron chi connectivity index (χ1n) is 2.93. The van der Waals surface area contributed by atoms with Crippen LogP contribution in [0.1, 0.15) is 26.2 Å². The van der Waals surface area contributed by atoms with Crippen LogP contribution in [0.25, 0.3) is 0 Å². The normalized spacial score (nSPS) is 8.22. The first kappa shape index (κ1) is 12.1. The van der Waals surface area contributed by atoms with Gasteiger partial charge in [0.25, 0.3) is 0 Å². The fourth-order valence-electron chi connectivity index (χ4n) is 0.529. The zero-order valence-corrected chi connectivity index (χ0v) is 7.25. The van der Waals surface area contributed by atoms with Gasteiger partial charge >= 0.3 is 0 Å². The molecule has 0 bridgehead atoms. The minimum Gasteiger partial charge on any atom is -0.396 e. The molecule has 0 rings (SSSR count). The molecule has 0 atom stereocenters. The van der Waals surface area contributed by atoms with Gasteiger partial charge in [0.05, 0.1) is 0 Å². The van der Waals surface area contributed by atoms with Crippen molar-refractivity contribution in [1.29, 1.82) is 0 Å². The first-order chi connectivity index (χ1) is 3.81. The number of carbonyl (C=O) groups excluding carboxylic acids is 1. The molecule has 1 N–H and O–H groups in total. The fraction of sp³-hybridized carbons (Fsp3) is 0.833. The van der Waals surface area contributed by atoms with E-state index in [0.717, 1.165) is 6.42 Å². The Bertz CT molecular complexity index is 65.5. The van der Waals surface area contributed by atoms with E-state index in [2.05, 4.69) is 0 Å². The molecule has 0 amide bonds. The largest absolute Gasteiger partial charge is 0.396 e. The predicted octanol–water partition coefficient (Wildman–Crippen LogP) is 0.736. The van der Waals surface area contributed by atoms with Gasteiger partial charge in [-0.15, -0.1) is 0 Å². The summed E-state index contributed by atoms with van der Waals surface area (Å²) >= 11 is 0. The second kappa shape index (κ2) is 8.34. The molecular formula is C6H12O2Ti. The number of Topliss-reactive ketones (excluding diaryl/α,β-unsaturated/α-hetero) is 1. The standard InChI is InChI=1S/C6H12O2.Ti/c1-2-3-6(8)4-5-7;/h7H,2-5H2,1H3;. The van der Waals surface area contributed by atoms with Gasteiger partial charge in [-0.25, -0.2) is 0 Å². The minimum absolute atomic E-state index is 0. The van der Waals surface area contributed by atoms with Crippen LogP contribution >= 0.6 is 0 Å². The summed E-state index contributed by atoms with van der Waals surface area (Å²) in [7, 11) is 0. The average Bonchev–Trinajstić information content (AvgIpc) is 1.68. The van der Waals surface area contributed by atoms with Crippen LogP contribution in [0.15, 0.2) is 0 Å². The Balaban J connectivity index is 0. The number of aliphatic hydroxyl groups is 1. The third kappa shape index (κ3) is 8.34. The summed E-state index contributed by atoms with van der Waals surface area (Å²) < 4.78 is 0. The summed E-state index contributed by atoms with van der Waals surface area (Å²) in [6.07, 6.45) is 1.83. The first-order valence-corrected chi connectivity index (χ1v) is 2.93. The molecule has 0 radical (unpaired) electrons. The van der Waals surface area contributed by atoms with E-state index in [9.17, 15) is 4.79 Å². The van der Waals surface area contributed by atoms with Gasteiger partial charge in [0, 0.05) is 41.2 Å². The Morgan fingerprint density at radius 1 is 1.44 bits per heavy atom. The molecule has 0 aliphatic heterocycles. The number of rotatable bonds is 4. The summed E-state index contributed by atoms with van der Waals surface area (Å²) in [4.78, 5) is 10.5. The Morgan fingerprint density at radius 3 is 2.33 bits per heavy atom. The summed E-state index contributed by atoms with van der Waals surface area (Å²) in [6.45, 7) is 1.95. The van der Waals surface area contributed by atoms with E-state index in [1.165, 1.54) is 0 Å². The molecule has 0 aromatic carbocycles. The third-order valence-corrected chi connectivity index (χ3v) is 0.919. The van der Waals surface area contributed by atoms with Crippen molar-refractivity contribution >= 4 is 5.78 Å². The van der Waals surface area contributed by atoms with E-state index in [0.29, 0.717) is 12.8 Å². The smallest absolute Gasteiger partial charge is 0.135 e. The molecule has 0 aliphatic carbocycles. The van der Waals surface area contributed by atoms with E-state index in [1.807, 2.05) is 6.92 Å². The van der Waals surface area contributed by atoms with Crippen LogP contribution in [-0.4, -0.2) is 17.5 Å². The second-order valence-corrected chi connectivity index (χ2v) is 1.76. The van der Waals surface area contributed by atoms with Gasteiger partial charge in [-0.3, -0.25) is 4.79 Å². The van der Waals surface area contributed by atoms with Crippen molar-refractivity contribution in [1.82, 2.24) is 0 Å². The maximum absolute atomic E-state index is 10.5. The molecule has 0 aromatic rings. The van der Waals surface area contributed by atoms with Crippen LogP contribution in [0.4, 0.5) is 0 Å². The molecule has 2 nitrogen and oxygen atoms in total. The molecule has 52 valence electrons. The van der Waals surface area contributed by atoms with Crippen molar-refractivity contribution in [2.24, 2.45) is 0 Å². The number of hydrogen-bond donors (Lipinski definition) is 1. The number of aliphatic hydroxyl groups excluding tert-OH is 1. The van der Waals surface area contributed by atoms with Gasteiger partial charge in [0.15, 0.2) is 0 Å². The number of hydrogen-bond acceptors (Lipinski definition) is 2. The van der Waals surface area contributed by atoms with Crippen LogP contribution in [0.5, 0.6) is 0 Å². The minimum atomic E-state index is -0.00116. The van der Waals surface area contributed by atoms with Gasteiger partial charge in [-0.05, 0) is 6.42 Å². The summed E-state index contributed by atoms with van der Waals surface area (Å²) in [5.41, 5.74) is 0. The Labute approximate surface area is 70.5 Å². The van der Waals surface area contributed by atoms with Gasteiger partial charge < -0.3 is 5.11 Å². The van der Waals surface area contributed by atoms with Gasteiger partial charge in [0.2, 0.25) is 0 Å². The summed E-state index contributed by atoms with van der Waals surface area (Å²) in [5.74, 6) is 0.162. The van der Waals surface area contributed by atoms with Gasteiger partial charge in [0.1, 0.15) is 5.78 Å². The Hall–Kier alpha value is 0.344. The zero-order chi connectivity index (χ0) is 6.41. The fourth-order valence-corrected chi connectivity index (χ4v) is 0.529. The molecule has 0 saturated carbocycles. The molecule has 0 unspecified atom stereocenters. The molecule has 0 heterocycles. The molecule has 0 saturated heterocycles. The van der Waals surface area contributed by atoms with Crippen LogP contribution in [0, 0.1) is 0 Å². The zero-order valence-electron chi connectivity index (χ0n) is 5.68. The number of carbonyl (C=O) groups is 1. The van der Waals surface area contributed by atoms with Crippen molar-refractivity contribution in [3.63, 3.8) is 0 Å². The number of ketones is 1. The summed E-state index contributed by atoms with van der Waals surface area (Å²) in [5, 5.41) is 8.24. The maximum atomic E-state index is 10.5. The van der Waals surface area contributed by atoms with Crippen LogP contribution in [-0.2, 0) is 26.5 Å². The van der Waals surface area contributed by atoms with E-state index in [-0.39, 0.29) is 34.1 Å². The van der Waals surface area contributed by atoms with Crippen LogP contribution < -0.4 is 0 Å². The van der Waals surface area contributed by atoms with Gasteiger partial charge in [-0.2, -0.15) is 0 Å². The maximum Gasteiger partial charge on any atom is 0.135 e. The monoisotopic (exact) mass is 164 g/mol. The average molecular weight is 164 g/mol. The van der Waals surface area contributed by atoms with Crippen LogP contribution in [0.3, 0.4) is 0 Å². The quantitative estimate of drug-likeness (QED) is 0.622. The molecule has 0 aromatic heterocycles. The van der Waals surface area contributed by atoms with Crippen LogP contribution in [0.2, 0.25) is 0 Å². The van der Waals surface area contributed by atoms with Crippen molar-refractivity contribution in [2.45, 2.75) is 26.2 Å². The summed E-state index contributed by atoms with van der Waals surface area (Å²) in [6, 6.07) is 0. The molecule has 9 heavy (non-hydrogen) atoms. The van der Waals surface area contributed by atoms with E-state index in [1.54, 1.807) is 0 Å². The van der Waals surface area contributed by atoms with Gasteiger partial charge in [-0.1, -0.05) is 6.92 Å². The van der Waals surface area contributed by atoms with Crippen molar-refractivity contribution in [3.8, 4) is 0 Å². The molecule has 3 heteroatoms. The topological polar surface area (TPSA) is 37.3 Å². The third-order valence-electron chi connectivity index (χ3n) is 0.919. The van der Waals surface area contributed by atoms with Crippen molar-refractivity contribution in [2.75, 3.05) is 6.61 Å². The Morgan fingerprint density at radius 2 is 2.00 bits per heavy atom. The van der Waals surface area contributed by atoms with E-state index >= 15 is 0 Å². The van der Waals surface area contributed by atoms with Crippen molar-refractivity contribution < 1.29 is 31.6 Å². The second-order valence-electron chi connectivity index (χ2n) is 1.76. The molecule has 0 aliphatic rings. The molecule has 0 fully saturated rings.